The summed E-state index contributed by atoms with van der Waals surface area (Å²) < 4.78 is 5.23. The maximum atomic E-state index is 13.7. The van der Waals surface area contributed by atoms with Gasteiger partial charge in [0.2, 0.25) is 11.8 Å². The number of thiazole rings is 1. The molecule has 35 heavy (non-hydrogen) atoms. The van der Waals surface area contributed by atoms with Gasteiger partial charge in [-0.15, -0.1) is 11.8 Å². The van der Waals surface area contributed by atoms with Gasteiger partial charge in [-0.3, -0.25) is 19.3 Å². The largest absolute Gasteiger partial charge is 0.508 e. The molecule has 0 unspecified atom stereocenters. The number of H-pyrrole nitrogens is 1. The number of aromatic amines is 1. The number of nitrogens with zero attached hydrogens (tertiary/aromatic N) is 1. The van der Waals surface area contributed by atoms with Crippen LogP contribution in [-0.4, -0.2) is 34.3 Å². The quantitative estimate of drug-likeness (QED) is 0.524. The number of imide groups is 1. The summed E-state index contributed by atoms with van der Waals surface area (Å²) in [5.41, 5.74) is 1.36. The first-order valence-corrected chi connectivity index (χ1v) is 13.4. The number of phenols is 1. The van der Waals surface area contributed by atoms with Crippen LogP contribution in [0.25, 0.3) is 0 Å². The first-order valence-electron chi connectivity index (χ1n) is 11.7. The van der Waals surface area contributed by atoms with Crippen LogP contribution in [0.1, 0.15) is 22.8 Å². The first-order chi connectivity index (χ1) is 17.0. The number of para-hydroxylation sites is 1. The number of hydrogen-bond donors (Lipinski definition) is 2. The number of hydrogen-bond acceptors (Lipinski definition) is 7. The molecule has 2 aliphatic carbocycles. The lowest BCUT2D eigenvalue weighted by Gasteiger charge is -2.43. The van der Waals surface area contributed by atoms with Crippen LogP contribution in [0.2, 0.25) is 0 Å². The molecule has 0 spiro atoms. The van der Waals surface area contributed by atoms with Crippen LogP contribution in [0.4, 0.5) is 5.69 Å². The van der Waals surface area contributed by atoms with E-state index in [4.69, 9.17) is 4.74 Å². The van der Waals surface area contributed by atoms with Crippen molar-refractivity contribution in [3.8, 4) is 11.5 Å². The summed E-state index contributed by atoms with van der Waals surface area (Å²) in [5.74, 6) is -0.180. The van der Waals surface area contributed by atoms with Crippen molar-refractivity contribution in [1.29, 1.82) is 0 Å². The van der Waals surface area contributed by atoms with Gasteiger partial charge in [-0.25, -0.2) is 0 Å². The molecule has 7 atom stereocenters. The number of fused-ring (bicyclic) bond motifs is 9. The summed E-state index contributed by atoms with van der Waals surface area (Å²) in [5, 5.41) is 11.7. The number of carbonyl (C=O) groups is 2. The second-order valence-electron chi connectivity index (χ2n) is 9.73. The van der Waals surface area contributed by atoms with Crippen molar-refractivity contribution in [2.24, 2.45) is 29.6 Å². The topological polar surface area (TPSA) is 99.7 Å². The van der Waals surface area contributed by atoms with Crippen LogP contribution >= 0.6 is 23.1 Å². The van der Waals surface area contributed by atoms with Crippen LogP contribution in [0.15, 0.2) is 58.4 Å². The van der Waals surface area contributed by atoms with E-state index in [-0.39, 0.29) is 63.2 Å². The molecule has 2 bridgehead atoms. The number of thioether (sulfide) groups is 1. The van der Waals surface area contributed by atoms with Gasteiger partial charge in [-0.05, 0) is 54.5 Å². The molecule has 2 saturated carbocycles. The van der Waals surface area contributed by atoms with Crippen LogP contribution in [0, 0.1) is 29.6 Å². The Balaban J connectivity index is 1.32. The zero-order valence-corrected chi connectivity index (χ0v) is 20.3. The molecule has 3 aromatic rings. The fourth-order valence-corrected chi connectivity index (χ4v) is 9.98. The van der Waals surface area contributed by atoms with Crippen molar-refractivity contribution in [2.45, 2.75) is 22.6 Å². The van der Waals surface area contributed by atoms with E-state index in [9.17, 15) is 19.5 Å². The predicted molar refractivity (Wildman–Crippen MR) is 132 cm³/mol. The molecule has 7 rings (SSSR count). The summed E-state index contributed by atoms with van der Waals surface area (Å²) in [7, 11) is 1.58. The van der Waals surface area contributed by atoms with Gasteiger partial charge < -0.3 is 14.8 Å². The zero-order valence-electron chi connectivity index (χ0n) is 18.7. The minimum Gasteiger partial charge on any atom is -0.508 e. The fraction of sp³-hybridized carbons (Fsp3) is 0.346. The summed E-state index contributed by atoms with van der Waals surface area (Å²) in [4.78, 5) is 44.9. The third-order valence-electron chi connectivity index (χ3n) is 8.33. The highest BCUT2D eigenvalue weighted by atomic mass is 32.2. The molecule has 4 aliphatic rings. The average Bonchev–Trinajstić information content (AvgIpc) is 3.59. The van der Waals surface area contributed by atoms with Crippen molar-refractivity contribution >= 4 is 40.6 Å². The predicted octanol–water partition coefficient (Wildman–Crippen LogP) is 3.83. The third-order valence-corrected chi connectivity index (χ3v) is 10.9. The van der Waals surface area contributed by atoms with Crippen LogP contribution in [0.3, 0.4) is 0 Å². The van der Waals surface area contributed by atoms with Gasteiger partial charge in [0, 0.05) is 21.6 Å². The van der Waals surface area contributed by atoms with E-state index in [0.717, 1.165) is 21.9 Å². The average molecular weight is 507 g/mol. The van der Waals surface area contributed by atoms with Crippen molar-refractivity contribution in [2.75, 3.05) is 12.0 Å². The van der Waals surface area contributed by atoms with E-state index in [2.05, 4.69) is 4.98 Å². The maximum Gasteiger partial charge on any atom is 0.305 e. The Kier molecular flexibility index (Phi) is 4.54. The number of amides is 2. The SMILES string of the molecule is COc1ccc(N2C(=O)[C@H]3[C@H]4C[C@@H]([C@@H]3C2=O)[C@H]2[C@H](c3ccccc3O)c3sc(=O)[nH]c3S[C@H]42)cc1. The molecule has 3 heterocycles. The summed E-state index contributed by atoms with van der Waals surface area (Å²) in [6.07, 6.45) is 0.814. The number of anilines is 1. The van der Waals surface area contributed by atoms with Crippen LogP contribution < -0.4 is 14.5 Å². The van der Waals surface area contributed by atoms with Gasteiger partial charge >= 0.3 is 4.87 Å². The third kappa shape index (κ3) is 2.82. The number of aromatic hydroxyl groups is 1. The van der Waals surface area contributed by atoms with Crippen LogP contribution in [0.5, 0.6) is 11.5 Å². The molecule has 9 heteroatoms. The number of carbonyl (C=O) groups excluding carboxylic acids is 2. The Morgan fingerprint density at radius 1 is 1.00 bits per heavy atom. The minimum atomic E-state index is -0.373. The normalized spacial score (nSPS) is 32.5. The highest BCUT2D eigenvalue weighted by Crippen LogP contribution is 2.69. The zero-order chi connectivity index (χ0) is 24.0. The van der Waals surface area contributed by atoms with Crippen molar-refractivity contribution in [1.82, 2.24) is 4.98 Å². The molecule has 0 radical (unpaired) electrons. The molecule has 1 saturated heterocycles. The summed E-state index contributed by atoms with van der Waals surface area (Å²) >= 11 is 2.83. The second kappa shape index (κ2) is 7.48. The molecule has 1 aromatic heterocycles. The molecule has 3 fully saturated rings. The number of rotatable bonds is 3. The molecular weight excluding hydrogens is 484 g/mol. The van der Waals surface area contributed by atoms with Gasteiger partial charge in [-0.1, -0.05) is 29.5 Å². The van der Waals surface area contributed by atoms with Gasteiger partial charge in [-0.2, -0.15) is 0 Å². The first kappa shape index (κ1) is 21.3. The molecule has 2 N–H and O–H groups in total. The number of methoxy groups -OCH3 is 1. The Morgan fingerprint density at radius 2 is 1.71 bits per heavy atom. The molecular formula is C26H22N2O5S2. The van der Waals surface area contributed by atoms with Crippen LogP contribution in [-0.2, 0) is 9.59 Å². The van der Waals surface area contributed by atoms with Gasteiger partial charge in [0.1, 0.15) is 11.5 Å². The summed E-state index contributed by atoms with van der Waals surface area (Å²) in [6, 6.07) is 14.3. The number of phenolic OH excluding ortho intramolecular Hbond substituents is 1. The highest BCUT2D eigenvalue weighted by Gasteiger charge is 2.69. The smallest absolute Gasteiger partial charge is 0.305 e. The molecule has 178 valence electrons. The van der Waals surface area contributed by atoms with E-state index in [0.29, 0.717) is 11.4 Å². The van der Waals surface area contributed by atoms with E-state index >= 15 is 0 Å². The van der Waals surface area contributed by atoms with E-state index < -0.39 is 0 Å². The molecule has 2 aromatic carbocycles. The van der Waals surface area contributed by atoms with Gasteiger partial charge in [0.15, 0.2) is 0 Å². The highest BCUT2D eigenvalue weighted by molar-refractivity contribution is 8.00. The number of benzene rings is 2. The number of aromatic nitrogens is 1. The molecule has 2 aliphatic heterocycles. The van der Waals surface area contributed by atoms with Gasteiger partial charge in [0.25, 0.3) is 0 Å². The Bertz CT molecular complexity index is 1430. The lowest BCUT2D eigenvalue weighted by molar-refractivity contribution is -0.123. The number of ether oxygens (including phenoxy) is 1. The maximum absolute atomic E-state index is 13.7. The standard InChI is InChI=1S/C26H22N2O5S2/c1-33-12-8-6-11(7-9-12)28-24(30)19-14-10-15(20(19)25(28)31)21-18(14)17(13-4-2-3-5-16(13)29)22-23(34-21)27-26(32)35-22/h2-9,14-15,17-21,29H,10H2,1H3,(H,27,32)/t14-,15-,17+,18+,19+,20+,21-/m1/s1. The lowest BCUT2D eigenvalue weighted by atomic mass is 9.68. The van der Waals surface area contributed by atoms with Crippen molar-refractivity contribution in [3.63, 3.8) is 0 Å². The second-order valence-corrected chi connectivity index (χ2v) is 11.9. The van der Waals surface area contributed by atoms with Crippen molar-refractivity contribution in [3.05, 3.63) is 68.6 Å². The minimum absolute atomic E-state index is 0.0113. The Hall–Kier alpha value is -3.04. The number of nitrogens with one attached hydrogen (secondary N) is 1. The van der Waals surface area contributed by atoms with E-state index in [1.807, 2.05) is 12.1 Å². The molecule has 7 nitrogen and oxygen atoms in total. The Morgan fingerprint density at radius 3 is 2.43 bits per heavy atom. The van der Waals surface area contributed by atoms with Crippen molar-refractivity contribution < 1.29 is 19.4 Å². The van der Waals surface area contributed by atoms with Gasteiger partial charge in [0.05, 0.1) is 29.7 Å². The monoisotopic (exact) mass is 506 g/mol. The van der Waals surface area contributed by atoms with E-state index in [1.165, 1.54) is 16.2 Å². The summed E-state index contributed by atoms with van der Waals surface area (Å²) in [6.45, 7) is 0. The fourth-order valence-electron chi connectivity index (χ4n) is 7.10. The van der Waals surface area contributed by atoms with E-state index in [1.54, 1.807) is 55.3 Å². The molecule has 2 amide bonds. The lowest BCUT2D eigenvalue weighted by Crippen LogP contribution is -2.42. The Labute approximate surface area is 209 Å².